The molecule has 0 heterocycles. The van der Waals surface area contributed by atoms with Crippen LogP contribution in [0, 0.1) is 5.92 Å². The highest BCUT2D eigenvalue weighted by Crippen LogP contribution is 2.28. The average molecular weight is 341 g/mol. The Labute approximate surface area is 155 Å². The van der Waals surface area contributed by atoms with Crippen LogP contribution in [0.2, 0.25) is 0 Å². The third-order valence-corrected chi connectivity index (χ3v) is 3.60. The highest BCUT2D eigenvalue weighted by molar-refractivity contribution is 5.94. The lowest BCUT2D eigenvalue weighted by Crippen LogP contribution is -2.12. The van der Waals surface area contributed by atoms with Gasteiger partial charge in [0.15, 0.2) is 5.78 Å². The van der Waals surface area contributed by atoms with Crippen LogP contribution in [0.5, 0.6) is 0 Å². The van der Waals surface area contributed by atoms with Crippen LogP contribution in [0.25, 0.3) is 0 Å². The summed E-state index contributed by atoms with van der Waals surface area (Å²) >= 11 is 0. The minimum atomic E-state index is 0.217. The highest BCUT2D eigenvalue weighted by atomic mass is 16.1. The maximum Gasteiger partial charge on any atom is 0.156 e. The maximum absolute atomic E-state index is 11.2. The maximum atomic E-state index is 11.2. The van der Waals surface area contributed by atoms with E-state index in [-0.39, 0.29) is 5.78 Å². The number of hydrogen-bond acceptors (Lipinski definition) is 1. The molecule has 0 bridgehead atoms. The molecule has 146 valence electrons. The highest BCUT2D eigenvalue weighted by Gasteiger charge is 2.18. The number of allylic oxidation sites excluding steroid dienone is 4. The molecule has 1 saturated carbocycles. The van der Waals surface area contributed by atoms with E-state index in [1.54, 1.807) is 6.92 Å². The van der Waals surface area contributed by atoms with Crippen LogP contribution in [0.4, 0.5) is 0 Å². The fraction of sp³-hybridized carbons (Fsp3) is 0.783. The van der Waals surface area contributed by atoms with Gasteiger partial charge < -0.3 is 0 Å². The van der Waals surface area contributed by atoms with Crippen LogP contribution in [0.15, 0.2) is 22.8 Å². The molecule has 2 aliphatic carbocycles. The summed E-state index contributed by atoms with van der Waals surface area (Å²) in [5, 5.41) is 0. The zero-order valence-electron chi connectivity index (χ0n) is 19.1. The van der Waals surface area contributed by atoms with Crippen molar-refractivity contribution in [2.24, 2.45) is 5.92 Å². The first-order valence-electron chi connectivity index (χ1n) is 10.4. The van der Waals surface area contributed by atoms with Crippen molar-refractivity contribution in [1.82, 2.24) is 0 Å². The van der Waals surface area contributed by atoms with Gasteiger partial charge in [-0.15, -0.1) is 0 Å². The van der Waals surface area contributed by atoms with Gasteiger partial charge in [0, 0.05) is 0 Å². The van der Waals surface area contributed by atoms with E-state index in [9.17, 15) is 4.79 Å². The minimum absolute atomic E-state index is 0.217. The Hall–Kier alpha value is -0.850. The predicted molar refractivity (Wildman–Crippen MR) is 115 cm³/mol. The van der Waals surface area contributed by atoms with Gasteiger partial charge in [0.2, 0.25) is 0 Å². The lowest BCUT2D eigenvalue weighted by atomic mass is 9.84. The molecule has 24 heavy (non-hydrogen) atoms. The molecule has 0 aromatic rings. The van der Waals surface area contributed by atoms with Crippen LogP contribution in [-0.4, -0.2) is 5.78 Å². The van der Waals surface area contributed by atoms with Crippen molar-refractivity contribution < 1.29 is 4.79 Å². The molecule has 1 fully saturated rings. The van der Waals surface area contributed by atoms with Crippen molar-refractivity contribution in [3.05, 3.63) is 22.8 Å². The summed E-state index contributed by atoms with van der Waals surface area (Å²) in [4.78, 5) is 11.2. The number of hydrogen-bond donors (Lipinski definition) is 0. The molecule has 1 nitrogen and oxygen atoms in total. The summed E-state index contributed by atoms with van der Waals surface area (Å²) in [5.41, 5.74) is 3.66. The smallest absolute Gasteiger partial charge is 0.156 e. The van der Waals surface area contributed by atoms with Gasteiger partial charge >= 0.3 is 0 Å². The molecular weight excluding hydrogens is 292 g/mol. The molecule has 1 unspecified atom stereocenters. The molecule has 2 rings (SSSR count). The molecule has 0 N–H and O–H groups in total. The first kappa shape index (κ1) is 31.0. The lowest BCUT2D eigenvalue weighted by Gasteiger charge is -2.20. The largest absolute Gasteiger partial charge is 0.295 e. The van der Waals surface area contributed by atoms with E-state index in [1.165, 1.54) is 36.8 Å². The SMILES string of the molecule is C1CCC1.CC.CC.CC.CC.CC(=O)C1=CC(C)=C(C)CC1C. The Kier molecular flexibility index (Phi) is 31.5. The second-order valence-electron chi connectivity index (χ2n) is 5.14. The predicted octanol–water partition coefficient (Wildman–Crippen LogP) is 8.54. The fourth-order valence-corrected chi connectivity index (χ4v) is 1.93. The Morgan fingerprint density at radius 3 is 1.42 bits per heavy atom. The quantitative estimate of drug-likeness (QED) is 0.467. The van der Waals surface area contributed by atoms with Gasteiger partial charge in [0.1, 0.15) is 0 Å². The van der Waals surface area contributed by atoms with Gasteiger partial charge in [-0.2, -0.15) is 0 Å². The molecule has 1 atom stereocenters. The normalized spacial score (nSPS) is 17.0. The standard InChI is InChI=1S/C11H16O.C4H8.4C2H6/c1-7-5-9(3)11(10(4)12)6-8(7)2;1-2-4-3-1;4*1-2/h6,9H,5H2,1-4H3;1-4H2;4*1-2H3. The van der Waals surface area contributed by atoms with Gasteiger partial charge in [-0.3, -0.25) is 4.79 Å². The lowest BCUT2D eigenvalue weighted by molar-refractivity contribution is -0.114. The van der Waals surface area contributed by atoms with E-state index in [1.807, 2.05) is 61.5 Å². The van der Waals surface area contributed by atoms with Crippen molar-refractivity contribution >= 4 is 5.78 Å². The molecule has 0 spiro atoms. The van der Waals surface area contributed by atoms with Gasteiger partial charge in [0.05, 0.1) is 0 Å². The van der Waals surface area contributed by atoms with Crippen LogP contribution >= 0.6 is 0 Å². The molecule has 0 aliphatic heterocycles. The van der Waals surface area contributed by atoms with Crippen molar-refractivity contribution in [2.45, 2.75) is 115 Å². The minimum Gasteiger partial charge on any atom is -0.295 e. The molecule has 0 amide bonds. The summed E-state index contributed by atoms with van der Waals surface area (Å²) < 4.78 is 0. The molecule has 0 radical (unpaired) electrons. The summed E-state index contributed by atoms with van der Waals surface area (Å²) in [7, 11) is 0. The van der Waals surface area contributed by atoms with E-state index in [2.05, 4.69) is 20.8 Å². The topological polar surface area (TPSA) is 17.1 Å². The fourth-order valence-electron chi connectivity index (χ4n) is 1.93. The van der Waals surface area contributed by atoms with Gasteiger partial charge in [-0.1, -0.05) is 105 Å². The summed E-state index contributed by atoms with van der Waals surface area (Å²) in [5.74, 6) is 0.626. The molecule has 0 aromatic carbocycles. The third kappa shape index (κ3) is 16.0. The number of Topliss-reactive ketones (excluding diaryl/α,β-unsaturated/α-hetero) is 1. The Bertz CT molecular complexity index is 313. The zero-order chi connectivity index (χ0) is 20.1. The molecular formula is C23H48O. The van der Waals surface area contributed by atoms with Crippen molar-refractivity contribution in [3.8, 4) is 0 Å². The van der Waals surface area contributed by atoms with E-state index in [0.29, 0.717) is 5.92 Å². The van der Waals surface area contributed by atoms with Crippen molar-refractivity contribution in [1.29, 1.82) is 0 Å². The van der Waals surface area contributed by atoms with Crippen LogP contribution in [-0.2, 0) is 4.79 Å². The first-order chi connectivity index (χ1) is 11.5. The van der Waals surface area contributed by atoms with E-state index >= 15 is 0 Å². The Morgan fingerprint density at radius 1 is 0.833 bits per heavy atom. The number of carbonyl (C=O) groups excluding carboxylic acids is 1. The van der Waals surface area contributed by atoms with Crippen LogP contribution < -0.4 is 0 Å². The van der Waals surface area contributed by atoms with Gasteiger partial charge in [-0.25, -0.2) is 0 Å². The Balaban J connectivity index is -0.000000138. The van der Waals surface area contributed by atoms with Crippen molar-refractivity contribution in [2.75, 3.05) is 0 Å². The van der Waals surface area contributed by atoms with Crippen LogP contribution in [0.1, 0.15) is 115 Å². The second kappa shape index (κ2) is 24.4. The van der Waals surface area contributed by atoms with Crippen LogP contribution in [0.3, 0.4) is 0 Å². The summed E-state index contributed by atoms with van der Waals surface area (Å²) in [6.07, 6.45) is 9.07. The summed E-state index contributed by atoms with van der Waals surface area (Å²) in [6.45, 7) is 24.0. The van der Waals surface area contributed by atoms with E-state index < -0.39 is 0 Å². The van der Waals surface area contributed by atoms with Gasteiger partial charge in [-0.05, 0) is 38.7 Å². The number of carbonyl (C=O) groups is 1. The second-order valence-corrected chi connectivity index (χ2v) is 5.14. The van der Waals surface area contributed by atoms with E-state index in [4.69, 9.17) is 0 Å². The molecule has 2 aliphatic rings. The number of rotatable bonds is 1. The molecule has 0 saturated heterocycles. The third-order valence-electron chi connectivity index (χ3n) is 3.60. The monoisotopic (exact) mass is 340 g/mol. The number of ketones is 1. The van der Waals surface area contributed by atoms with E-state index in [0.717, 1.165) is 12.0 Å². The average Bonchev–Trinajstić information content (AvgIpc) is 2.56. The first-order valence-corrected chi connectivity index (χ1v) is 10.4. The summed E-state index contributed by atoms with van der Waals surface area (Å²) in [6, 6.07) is 0. The van der Waals surface area contributed by atoms with Crippen molar-refractivity contribution in [3.63, 3.8) is 0 Å². The zero-order valence-corrected chi connectivity index (χ0v) is 19.1. The molecule has 0 aromatic heterocycles. The molecule has 1 heteroatoms. The Morgan fingerprint density at radius 2 is 1.17 bits per heavy atom. The van der Waals surface area contributed by atoms with Gasteiger partial charge in [0.25, 0.3) is 0 Å².